The fourth-order valence-electron chi connectivity index (χ4n) is 5.95. The van der Waals surface area contributed by atoms with Crippen molar-refractivity contribution in [2.75, 3.05) is 5.73 Å². The van der Waals surface area contributed by atoms with E-state index in [1.165, 1.54) is 0 Å². The standard InChI is InChI=1S/C35H40N6O4/c1-35(2,3)45-34(43)41-19-25-13-12-24(14-27(25)20-41)23-10-8-22(9-11-23)21-44-31-7-5-6-30(31)39-33(42)29-15-26(16-37-32(29)36)28-17-38-40(4)18-28/h8-18,30-31H,5-7,19-21H2,1-4H3,(H2,36,37)(H,39,42)/t30-,31-/m0/s1. The molecule has 234 valence electrons. The van der Waals surface area contributed by atoms with Crippen LogP contribution in [0.5, 0.6) is 0 Å². The number of aryl methyl sites for hydroxylation is 1. The Morgan fingerprint density at radius 2 is 1.71 bits per heavy atom. The number of benzene rings is 2. The molecule has 6 rings (SSSR count). The number of nitrogens with zero attached hydrogens (tertiary/aromatic N) is 4. The van der Waals surface area contributed by atoms with E-state index in [2.05, 4.69) is 57.9 Å². The van der Waals surface area contributed by atoms with Gasteiger partial charge in [0.05, 0.1) is 30.5 Å². The predicted octanol–water partition coefficient (Wildman–Crippen LogP) is 5.85. The molecule has 0 bridgehead atoms. The number of hydrogen-bond donors (Lipinski definition) is 2. The number of nitrogen functional groups attached to an aromatic ring is 1. The van der Waals surface area contributed by atoms with Crippen LogP contribution in [0.3, 0.4) is 0 Å². The zero-order valence-electron chi connectivity index (χ0n) is 26.2. The Bertz CT molecular complexity index is 1710. The number of nitrogens with two attached hydrogens (primary N) is 1. The largest absolute Gasteiger partial charge is 0.444 e. The van der Waals surface area contributed by atoms with Crippen molar-refractivity contribution >= 4 is 17.8 Å². The molecular formula is C35H40N6O4. The van der Waals surface area contributed by atoms with E-state index in [0.717, 1.165) is 58.2 Å². The van der Waals surface area contributed by atoms with Crippen molar-refractivity contribution in [1.29, 1.82) is 0 Å². The van der Waals surface area contributed by atoms with Crippen LogP contribution in [-0.2, 0) is 36.2 Å². The third-order valence-corrected chi connectivity index (χ3v) is 8.30. The van der Waals surface area contributed by atoms with Crippen LogP contribution in [0, 0.1) is 0 Å². The summed E-state index contributed by atoms with van der Waals surface area (Å²) in [6.45, 7) is 7.20. The van der Waals surface area contributed by atoms with E-state index in [-0.39, 0.29) is 30.0 Å². The van der Waals surface area contributed by atoms with Crippen molar-refractivity contribution in [1.82, 2.24) is 25.0 Å². The number of pyridine rings is 1. The molecule has 2 atom stereocenters. The van der Waals surface area contributed by atoms with Crippen LogP contribution in [0.25, 0.3) is 22.3 Å². The van der Waals surface area contributed by atoms with Crippen LogP contribution < -0.4 is 11.1 Å². The number of ether oxygens (including phenoxy) is 2. The summed E-state index contributed by atoms with van der Waals surface area (Å²) in [5.74, 6) is -0.0569. The van der Waals surface area contributed by atoms with Crippen LogP contribution in [0.1, 0.15) is 67.1 Å². The lowest BCUT2D eigenvalue weighted by Crippen LogP contribution is -2.41. The zero-order chi connectivity index (χ0) is 31.7. The van der Waals surface area contributed by atoms with E-state index >= 15 is 0 Å². The average Bonchev–Trinajstić information content (AvgIpc) is 3.75. The third-order valence-electron chi connectivity index (χ3n) is 8.30. The third kappa shape index (κ3) is 7.01. The molecule has 1 aliphatic carbocycles. The molecule has 1 saturated carbocycles. The minimum absolute atomic E-state index is 0.0889. The zero-order valence-corrected chi connectivity index (χ0v) is 26.2. The van der Waals surface area contributed by atoms with Gasteiger partial charge in [-0.3, -0.25) is 14.4 Å². The van der Waals surface area contributed by atoms with Crippen LogP contribution >= 0.6 is 0 Å². The topological polar surface area (TPSA) is 125 Å². The maximum absolute atomic E-state index is 13.2. The van der Waals surface area contributed by atoms with E-state index < -0.39 is 5.60 Å². The number of carbonyl (C=O) groups is 2. The number of hydrogen-bond acceptors (Lipinski definition) is 7. The molecule has 0 saturated heterocycles. The summed E-state index contributed by atoms with van der Waals surface area (Å²) < 4.78 is 13.6. The van der Waals surface area contributed by atoms with Gasteiger partial charge in [0.15, 0.2) is 0 Å². The summed E-state index contributed by atoms with van der Waals surface area (Å²) in [5, 5.41) is 7.34. The Hall–Kier alpha value is -4.70. The number of nitrogens with one attached hydrogen (secondary N) is 1. The number of amides is 2. The highest BCUT2D eigenvalue weighted by Crippen LogP contribution is 2.31. The first-order chi connectivity index (χ1) is 21.5. The second-order valence-corrected chi connectivity index (χ2v) is 12.9. The first-order valence-electron chi connectivity index (χ1n) is 15.4. The van der Waals surface area contributed by atoms with E-state index in [0.29, 0.717) is 25.3 Å². The summed E-state index contributed by atoms with van der Waals surface area (Å²) in [6.07, 6.45) is 7.57. The Balaban J connectivity index is 1.05. The summed E-state index contributed by atoms with van der Waals surface area (Å²) >= 11 is 0. The minimum Gasteiger partial charge on any atom is -0.444 e. The summed E-state index contributed by atoms with van der Waals surface area (Å²) in [7, 11) is 1.84. The normalized spacial score (nSPS) is 17.7. The van der Waals surface area contributed by atoms with Crippen LogP contribution in [0.4, 0.5) is 10.6 Å². The van der Waals surface area contributed by atoms with Gasteiger partial charge in [-0.05, 0) is 80.0 Å². The van der Waals surface area contributed by atoms with Crippen LogP contribution in [-0.4, -0.2) is 49.4 Å². The van der Waals surface area contributed by atoms with Gasteiger partial charge >= 0.3 is 6.09 Å². The van der Waals surface area contributed by atoms with Crippen molar-refractivity contribution in [3.8, 4) is 22.3 Å². The summed E-state index contributed by atoms with van der Waals surface area (Å²) in [6, 6.07) is 16.4. The van der Waals surface area contributed by atoms with Gasteiger partial charge in [-0.25, -0.2) is 9.78 Å². The fourth-order valence-corrected chi connectivity index (χ4v) is 5.95. The Labute approximate surface area is 263 Å². The second kappa shape index (κ2) is 12.4. The molecule has 2 aromatic carbocycles. The predicted molar refractivity (Wildman–Crippen MR) is 172 cm³/mol. The molecule has 10 nitrogen and oxygen atoms in total. The molecule has 2 amide bonds. The molecule has 0 radical (unpaired) electrons. The van der Waals surface area contributed by atoms with Crippen LogP contribution in [0.2, 0.25) is 0 Å². The monoisotopic (exact) mass is 608 g/mol. The van der Waals surface area contributed by atoms with Crippen molar-refractivity contribution in [2.24, 2.45) is 7.05 Å². The molecule has 3 heterocycles. The first-order valence-corrected chi connectivity index (χ1v) is 15.4. The lowest BCUT2D eigenvalue weighted by atomic mass is 10.00. The maximum atomic E-state index is 13.2. The highest BCUT2D eigenvalue weighted by atomic mass is 16.6. The molecule has 0 spiro atoms. The fraction of sp³-hybridized carbons (Fsp3) is 0.371. The summed E-state index contributed by atoms with van der Waals surface area (Å²) in [5.41, 5.74) is 13.1. The number of rotatable bonds is 7. The van der Waals surface area contributed by atoms with Crippen molar-refractivity contribution in [2.45, 2.75) is 77.5 Å². The smallest absolute Gasteiger partial charge is 0.410 e. The lowest BCUT2D eigenvalue weighted by Gasteiger charge is -2.24. The van der Waals surface area contributed by atoms with Crippen molar-refractivity contribution in [3.05, 3.63) is 89.4 Å². The highest BCUT2D eigenvalue weighted by Gasteiger charge is 2.31. The molecule has 2 aliphatic rings. The number of carbonyl (C=O) groups excluding carboxylic acids is 2. The minimum atomic E-state index is -0.519. The van der Waals surface area contributed by atoms with Crippen molar-refractivity contribution < 1.29 is 19.1 Å². The molecule has 3 N–H and O–H groups in total. The Morgan fingerprint density at radius 3 is 2.44 bits per heavy atom. The van der Waals surface area contributed by atoms with Gasteiger partial charge in [0.25, 0.3) is 5.91 Å². The maximum Gasteiger partial charge on any atom is 0.410 e. The van der Waals surface area contributed by atoms with E-state index in [1.807, 2.05) is 34.0 Å². The first kappa shape index (κ1) is 30.3. The molecular weight excluding hydrogens is 568 g/mol. The number of anilines is 1. The average molecular weight is 609 g/mol. The summed E-state index contributed by atoms with van der Waals surface area (Å²) in [4.78, 5) is 31.8. The molecule has 1 fully saturated rings. The van der Waals surface area contributed by atoms with E-state index in [9.17, 15) is 9.59 Å². The second-order valence-electron chi connectivity index (χ2n) is 12.9. The molecule has 10 heteroatoms. The van der Waals surface area contributed by atoms with Gasteiger partial charge < -0.3 is 20.5 Å². The van der Waals surface area contributed by atoms with E-state index in [4.69, 9.17) is 15.2 Å². The van der Waals surface area contributed by atoms with Gasteiger partial charge in [0.1, 0.15) is 11.4 Å². The number of fused-ring (bicyclic) bond motifs is 1. The molecule has 1 aliphatic heterocycles. The van der Waals surface area contributed by atoms with Gasteiger partial charge in [-0.2, -0.15) is 5.10 Å². The van der Waals surface area contributed by atoms with E-state index in [1.54, 1.807) is 28.0 Å². The SMILES string of the molecule is Cn1cc(-c2cnc(N)c(C(=O)N[C@H]3CCC[C@@H]3OCc3ccc(-c4ccc5c(c4)CN(C(=O)OC(C)(C)C)C5)cc3)c2)cn1. The quantitative estimate of drug-likeness (QED) is 0.270. The van der Waals surface area contributed by atoms with Gasteiger partial charge in [0, 0.05) is 43.7 Å². The molecule has 4 aromatic rings. The molecule has 45 heavy (non-hydrogen) atoms. The van der Waals surface area contributed by atoms with Gasteiger partial charge in [-0.1, -0.05) is 36.4 Å². The van der Waals surface area contributed by atoms with Gasteiger partial charge in [-0.15, -0.1) is 0 Å². The van der Waals surface area contributed by atoms with Crippen LogP contribution in [0.15, 0.2) is 67.1 Å². The van der Waals surface area contributed by atoms with Crippen molar-refractivity contribution in [3.63, 3.8) is 0 Å². The number of aromatic nitrogens is 3. The molecule has 0 unspecified atom stereocenters. The van der Waals surface area contributed by atoms with Gasteiger partial charge in [0.2, 0.25) is 0 Å². The Kier molecular flexibility index (Phi) is 8.33. The molecule has 2 aromatic heterocycles. The lowest BCUT2D eigenvalue weighted by molar-refractivity contribution is 0.0241. The Morgan fingerprint density at radius 1 is 0.956 bits per heavy atom. The highest BCUT2D eigenvalue weighted by molar-refractivity contribution is 5.99.